The van der Waals surface area contributed by atoms with Crippen LogP contribution in [0.3, 0.4) is 0 Å². The smallest absolute Gasteiger partial charge is 0.272 e. The van der Waals surface area contributed by atoms with Crippen molar-refractivity contribution in [2.45, 2.75) is 32.0 Å². The van der Waals surface area contributed by atoms with Gasteiger partial charge in [0.2, 0.25) is 0 Å². The highest BCUT2D eigenvalue weighted by molar-refractivity contribution is 5.93. The lowest BCUT2D eigenvalue weighted by Gasteiger charge is -2.39. The molecule has 0 aliphatic carbocycles. The second-order valence-corrected chi connectivity index (χ2v) is 6.90. The highest BCUT2D eigenvalue weighted by Gasteiger charge is 2.33. The molecule has 6 nitrogen and oxygen atoms in total. The van der Waals surface area contributed by atoms with Crippen LogP contribution in [0.2, 0.25) is 0 Å². The number of aromatic nitrogens is 2. The Bertz CT molecular complexity index is 743. The number of likely N-dealkylation sites (tertiary alicyclic amines) is 1. The molecular formula is C19H24N4O2. The van der Waals surface area contributed by atoms with E-state index in [1.54, 1.807) is 0 Å². The third-order valence-corrected chi connectivity index (χ3v) is 5.03. The number of likely N-dealkylation sites (N-methyl/N-ethyl adjacent to an activating group) is 1. The van der Waals surface area contributed by atoms with Gasteiger partial charge in [0, 0.05) is 19.1 Å². The number of fused-ring (bicyclic) bond motifs is 1. The number of hydrogen-bond acceptors (Lipinski definition) is 4. The van der Waals surface area contributed by atoms with E-state index >= 15 is 0 Å². The van der Waals surface area contributed by atoms with E-state index in [9.17, 15) is 4.79 Å². The minimum absolute atomic E-state index is 0.102. The minimum atomic E-state index is 0.102. The molecule has 4 rings (SSSR count). The van der Waals surface area contributed by atoms with Gasteiger partial charge in [0.25, 0.3) is 5.91 Å². The monoisotopic (exact) mass is 340 g/mol. The van der Waals surface area contributed by atoms with Crippen LogP contribution < -0.4 is 4.74 Å². The third-order valence-electron chi connectivity index (χ3n) is 5.03. The first-order valence-electron chi connectivity index (χ1n) is 8.95. The first-order valence-corrected chi connectivity index (χ1v) is 8.95. The van der Waals surface area contributed by atoms with Crippen molar-refractivity contribution in [1.82, 2.24) is 19.6 Å². The summed E-state index contributed by atoms with van der Waals surface area (Å²) in [5.41, 5.74) is 1.49. The summed E-state index contributed by atoms with van der Waals surface area (Å²) in [6.07, 6.45) is 2.24. The molecule has 0 saturated carbocycles. The summed E-state index contributed by atoms with van der Waals surface area (Å²) in [6.45, 7) is 3.96. The molecule has 6 heteroatoms. The Morgan fingerprint density at radius 1 is 1.20 bits per heavy atom. The van der Waals surface area contributed by atoms with Gasteiger partial charge >= 0.3 is 0 Å². The standard InChI is InChI=1S/C19H24N4O2/c1-21-9-5-6-16(13-21)22-10-11-23-18(19(22)24)12-15(20-23)14-25-17-7-3-2-4-8-17/h2-4,7-8,12,16H,5-6,9-11,13-14H2,1H3/t16-/m1/s1. The van der Waals surface area contributed by atoms with E-state index in [4.69, 9.17) is 4.74 Å². The van der Waals surface area contributed by atoms with Crippen molar-refractivity contribution < 1.29 is 9.53 Å². The Kier molecular flexibility index (Phi) is 4.44. The van der Waals surface area contributed by atoms with Gasteiger partial charge in [-0.2, -0.15) is 5.10 Å². The fourth-order valence-electron chi connectivity index (χ4n) is 3.75. The molecule has 25 heavy (non-hydrogen) atoms. The molecule has 132 valence electrons. The van der Waals surface area contributed by atoms with E-state index in [1.807, 2.05) is 46.0 Å². The van der Waals surface area contributed by atoms with E-state index in [1.165, 1.54) is 0 Å². The van der Waals surface area contributed by atoms with Crippen LogP contribution >= 0.6 is 0 Å². The topological polar surface area (TPSA) is 50.6 Å². The predicted molar refractivity (Wildman–Crippen MR) is 94.6 cm³/mol. The van der Waals surface area contributed by atoms with Crippen LogP contribution in [0.5, 0.6) is 5.75 Å². The summed E-state index contributed by atoms with van der Waals surface area (Å²) in [4.78, 5) is 17.3. The molecule has 0 unspecified atom stereocenters. The fourth-order valence-corrected chi connectivity index (χ4v) is 3.75. The molecule has 3 heterocycles. The average molecular weight is 340 g/mol. The van der Waals surface area contributed by atoms with Crippen LogP contribution in [0.25, 0.3) is 0 Å². The maximum atomic E-state index is 12.9. The van der Waals surface area contributed by atoms with Crippen molar-refractivity contribution in [2.75, 3.05) is 26.7 Å². The van der Waals surface area contributed by atoms with Crippen molar-refractivity contribution in [3.8, 4) is 5.75 Å². The molecule has 1 atom stereocenters. The molecule has 1 aromatic carbocycles. The van der Waals surface area contributed by atoms with Gasteiger partial charge in [-0.05, 0) is 44.6 Å². The number of para-hydroxylation sites is 1. The molecule has 0 N–H and O–H groups in total. The summed E-state index contributed by atoms with van der Waals surface area (Å²) in [5.74, 6) is 0.914. The molecule has 0 radical (unpaired) electrons. The third kappa shape index (κ3) is 3.39. The molecule has 1 aromatic heterocycles. The fraction of sp³-hybridized carbons (Fsp3) is 0.474. The number of benzene rings is 1. The van der Waals surface area contributed by atoms with Crippen LogP contribution in [-0.2, 0) is 13.2 Å². The first-order chi connectivity index (χ1) is 12.2. The lowest BCUT2D eigenvalue weighted by Crippen LogP contribution is -2.52. The highest BCUT2D eigenvalue weighted by Crippen LogP contribution is 2.22. The number of nitrogens with zero attached hydrogens (tertiary/aromatic N) is 4. The average Bonchev–Trinajstić information content (AvgIpc) is 3.05. The molecule has 1 amide bonds. The number of ether oxygens (including phenoxy) is 1. The molecule has 2 aliphatic heterocycles. The van der Waals surface area contributed by atoms with Gasteiger partial charge in [0.15, 0.2) is 0 Å². The molecular weight excluding hydrogens is 316 g/mol. The van der Waals surface area contributed by atoms with Crippen LogP contribution in [-0.4, -0.2) is 58.2 Å². The Balaban J connectivity index is 1.45. The van der Waals surface area contributed by atoms with E-state index in [0.29, 0.717) is 18.3 Å². The lowest BCUT2D eigenvalue weighted by molar-refractivity contribution is 0.0500. The number of hydrogen-bond donors (Lipinski definition) is 0. The van der Waals surface area contributed by atoms with Gasteiger partial charge < -0.3 is 14.5 Å². The van der Waals surface area contributed by atoms with Crippen LogP contribution in [0.15, 0.2) is 36.4 Å². The van der Waals surface area contributed by atoms with Crippen molar-refractivity contribution in [2.24, 2.45) is 0 Å². The van der Waals surface area contributed by atoms with Crippen LogP contribution in [0, 0.1) is 0 Å². The van der Waals surface area contributed by atoms with Gasteiger partial charge in [0.05, 0.1) is 6.54 Å². The summed E-state index contributed by atoms with van der Waals surface area (Å²) < 4.78 is 7.58. The van der Waals surface area contributed by atoms with Crippen LogP contribution in [0.1, 0.15) is 29.0 Å². The molecule has 1 saturated heterocycles. The SMILES string of the molecule is CN1CCC[C@@H](N2CCn3nc(COc4ccccc4)cc3C2=O)C1. The van der Waals surface area contributed by atoms with Crippen molar-refractivity contribution in [3.63, 3.8) is 0 Å². The van der Waals surface area contributed by atoms with E-state index in [0.717, 1.165) is 50.5 Å². The van der Waals surface area contributed by atoms with Gasteiger partial charge in [0.1, 0.15) is 23.7 Å². The van der Waals surface area contributed by atoms with E-state index < -0.39 is 0 Å². The number of rotatable bonds is 4. The summed E-state index contributed by atoms with van der Waals surface area (Å²) in [7, 11) is 2.13. The molecule has 2 aliphatic rings. The van der Waals surface area contributed by atoms with Crippen molar-refractivity contribution in [1.29, 1.82) is 0 Å². The van der Waals surface area contributed by atoms with Gasteiger partial charge in [-0.25, -0.2) is 0 Å². The largest absolute Gasteiger partial charge is 0.487 e. The Morgan fingerprint density at radius 3 is 2.84 bits per heavy atom. The number of carbonyl (C=O) groups excluding carboxylic acids is 1. The van der Waals surface area contributed by atoms with E-state index in [2.05, 4.69) is 17.0 Å². The zero-order valence-electron chi connectivity index (χ0n) is 14.6. The quantitative estimate of drug-likeness (QED) is 0.854. The van der Waals surface area contributed by atoms with Gasteiger partial charge in [-0.15, -0.1) is 0 Å². The van der Waals surface area contributed by atoms with Crippen molar-refractivity contribution in [3.05, 3.63) is 47.8 Å². The molecule has 0 spiro atoms. The molecule has 0 bridgehead atoms. The van der Waals surface area contributed by atoms with Crippen LogP contribution in [0.4, 0.5) is 0 Å². The zero-order chi connectivity index (χ0) is 17.2. The first kappa shape index (κ1) is 16.1. The molecule has 2 aromatic rings. The van der Waals surface area contributed by atoms with Gasteiger partial charge in [-0.3, -0.25) is 9.48 Å². The number of amides is 1. The lowest BCUT2D eigenvalue weighted by atomic mass is 10.0. The number of carbonyl (C=O) groups is 1. The highest BCUT2D eigenvalue weighted by atomic mass is 16.5. The number of piperidine rings is 1. The predicted octanol–water partition coefficient (Wildman–Crippen LogP) is 2.01. The zero-order valence-corrected chi connectivity index (χ0v) is 14.6. The second kappa shape index (κ2) is 6.88. The van der Waals surface area contributed by atoms with E-state index in [-0.39, 0.29) is 5.91 Å². The van der Waals surface area contributed by atoms with Crippen molar-refractivity contribution >= 4 is 5.91 Å². The van der Waals surface area contributed by atoms with Gasteiger partial charge in [-0.1, -0.05) is 18.2 Å². The second-order valence-electron chi connectivity index (χ2n) is 6.90. The molecule has 1 fully saturated rings. The summed E-state index contributed by atoms with van der Waals surface area (Å²) in [6, 6.07) is 11.9. The summed E-state index contributed by atoms with van der Waals surface area (Å²) in [5, 5.41) is 4.54. The normalized spacial score (nSPS) is 21.2. The Hall–Kier alpha value is -2.34. The maximum absolute atomic E-state index is 12.9. The Labute approximate surface area is 148 Å². The Morgan fingerprint density at radius 2 is 2.04 bits per heavy atom. The minimum Gasteiger partial charge on any atom is -0.487 e. The maximum Gasteiger partial charge on any atom is 0.272 e. The summed E-state index contributed by atoms with van der Waals surface area (Å²) >= 11 is 0.